The first-order chi connectivity index (χ1) is 20.9. The number of amides is 3. The Morgan fingerprint density at radius 2 is 1.70 bits per heavy atom. The lowest BCUT2D eigenvalue weighted by Gasteiger charge is -2.37. The van der Waals surface area contributed by atoms with E-state index in [9.17, 15) is 19.5 Å². The Labute approximate surface area is 247 Å². The summed E-state index contributed by atoms with van der Waals surface area (Å²) in [4.78, 5) is 44.1. The Balaban J connectivity index is 1.26. The van der Waals surface area contributed by atoms with Gasteiger partial charge in [-0.1, -0.05) is 65.9 Å². The molecule has 3 N–H and O–H groups in total. The van der Waals surface area contributed by atoms with Gasteiger partial charge in [0, 0.05) is 5.69 Å². The van der Waals surface area contributed by atoms with Gasteiger partial charge in [-0.05, 0) is 49.6 Å². The summed E-state index contributed by atoms with van der Waals surface area (Å²) >= 11 is 0. The van der Waals surface area contributed by atoms with Gasteiger partial charge in [-0.15, -0.1) is 5.10 Å². The molecule has 11 heteroatoms. The Kier molecular flexibility index (Phi) is 6.51. The molecule has 3 amide bonds. The van der Waals surface area contributed by atoms with Crippen LogP contribution in [0.5, 0.6) is 0 Å². The molecule has 0 radical (unpaired) electrons. The van der Waals surface area contributed by atoms with Crippen LogP contribution in [-0.4, -0.2) is 66.6 Å². The van der Waals surface area contributed by atoms with Gasteiger partial charge < -0.3 is 25.4 Å². The maximum absolute atomic E-state index is 14.5. The second kappa shape index (κ2) is 10.3. The highest BCUT2D eigenvalue weighted by atomic mass is 16.5. The Bertz CT molecular complexity index is 1700. The molecule has 3 saturated heterocycles. The van der Waals surface area contributed by atoms with E-state index in [2.05, 4.69) is 20.9 Å². The number of aliphatic hydroxyl groups excluding tert-OH is 1. The van der Waals surface area contributed by atoms with E-state index in [0.717, 1.165) is 5.52 Å². The number of carbonyl (C=O) groups excluding carboxylic acids is 3. The molecule has 2 bridgehead atoms. The van der Waals surface area contributed by atoms with Crippen molar-refractivity contribution < 1.29 is 24.2 Å². The van der Waals surface area contributed by atoms with Crippen LogP contribution in [0.2, 0.25) is 0 Å². The van der Waals surface area contributed by atoms with Crippen LogP contribution in [0.3, 0.4) is 0 Å². The molecule has 11 nitrogen and oxygen atoms in total. The number of aliphatic hydroxyl groups is 1. The van der Waals surface area contributed by atoms with Gasteiger partial charge >= 0.3 is 0 Å². The van der Waals surface area contributed by atoms with Crippen molar-refractivity contribution in [3.8, 4) is 0 Å². The minimum Gasteiger partial charge on any atom is -0.394 e. The number of ether oxygens (including phenoxy) is 1. The number of benzene rings is 3. The van der Waals surface area contributed by atoms with E-state index in [-0.39, 0.29) is 18.5 Å². The average Bonchev–Trinajstić information content (AvgIpc) is 3.73. The summed E-state index contributed by atoms with van der Waals surface area (Å²) < 4.78 is 8.29. The second-order valence-corrected chi connectivity index (χ2v) is 11.7. The van der Waals surface area contributed by atoms with Gasteiger partial charge in [-0.2, -0.15) is 0 Å². The van der Waals surface area contributed by atoms with Crippen molar-refractivity contribution in [3.05, 3.63) is 90.5 Å². The van der Waals surface area contributed by atoms with Crippen molar-refractivity contribution >= 4 is 34.4 Å². The number of anilines is 1. The molecule has 3 fully saturated rings. The molecule has 7 rings (SSSR count). The molecule has 3 aliphatic rings. The lowest BCUT2D eigenvalue weighted by molar-refractivity contribution is -0.149. The first-order valence-corrected chi connectivity index (χ1v) is 14.5. The highest BCUT2D eigenvalue weighted by Gasteiger charge is 2.78. The molecule has 2 unspecified atom stereocenters. The molecule has 1 spiro atoms. The second-order valence-electron chi connectivity index (χ2n) is 11.7. The third-order valence-electron chi connectivity index (χ3n) is 9.30. The number of nitrogens with one attached hydrogen (secondary N) is 2. The van der Waals surface area contributed by atoms with Gasteiger partial charge in [0.25, 0.3) is 0 Å². The van der Waals surface area contributed by atoms with Crippen molar-refractivity contribution in [2.45, 2.75) is 49.7 Å². The molecule has 1 aromatic heterocycles. The van der Waals surface area contributed by atoms with E-state index in [1.54, 1.807) is 16.8 Å². The Hall–Kier alpha value is -4.61. The smallest absolute Gasteiger partial charge is 0.247 e. The average molecular weight is 581 g/mol. The highest BCUT2D eigenvalue weighted by molar-refractivity contribution is 6.02. The summed E-state index contributed by atoms with van der Waals surface area (Å²) in [6.45, 7) is 1.46. The standard InChI is InChI=1S/C32H32N6O5/c1-31-16-17-32(43-31)26(25(31)28(40)34-21-12-6-3-7-13-21)30(42)38(24(18-39)20-10-4-2-5-11-20)27(32)29(41)33-19-37-23-15-9-8-14-22(23)35-36-37/h2-15,24-27,39H,16-19H2,1H3,(H,33,41)(H,34,40)/t24-,25+,26+,27?,31-,32?/m1/s1. The normalized spacial score (nSPS) is 28.2. The fraction of sp³-hybridized carbons (Fsp3) is 0.344. The first kappa shape index (κ1) is 27.2. The third-order valence-corrected chi connectivity index (χ3v) is 9.30. The number of para-hydroxylation sites is 2. The SMILES string of the molecule is C[C@]12CCC3(O1)C(C(=O)NCn1nnc4ccccc41)N([C@H](CO)c1ccccc1)C(=O)[C@@H]3[C@H]2C(=O)Nc1ccccc1. The zero-order chi connectivity index (χ0) is 29.8. The van der Waals surface area contributed by atoms with Gasteiger partial charge in [-0.3, -0.25) is 14.4 Å². The van der Waals surface area contributed by atoms with Crippen molar-refractivity contribution in [3.63, 3.8) is 0 Å². The lowest BCUT2D eigenvalue weighted by Crippen LogP contribution is -2.56. The van der Waals surface area contributed by atoms with E-state index >= 15 is 0 Å². The van der Waals surface area contributed by atoms with E-state index in [1.165, 1.54) is 4.90 Å². The van der Waals surface area contributed by atoms with Gasteiger partial charge in [0.1, 0.15) is 23.8 Å². The van der Waals surface area contributed by atoms with Crippen LogP contribution in [0.1, 0.15) is 31.4 Å². The number of carbonyl (C=O) groups is 3. The summed E-state index contributed by atoms with van der Waals surface area (Å²) in [5, 5.41) is 24.9. The molecule has 4 heterocycles. The van der Waals surface area contributed by atoms with Crippen LogP contribution >= 0.6 is 0 Å². The summed E-state index contributed by atoms with van der Waals surface area (Å²) in [6.07, 6.45) is 0.924. The Morgan fingerprint density at radius 1 is 1.00 bits per heavy atom. The van der Waals surface area contributed by atoms with Gasteiger partial charge in [0.2, 0.25) is 17.7 Å². The summed E-state index contributed by atoms with van der Waals surface area (Å²) in [6, 6.07) is 23.7. The minimum atomic E-state index is -1.25. The van der Waals surface area contributed by atoms with Crippen LogP contribution in [0.25, 0.3) is 11.0 Å². The summed E-state index contributed by atoms with van der Waals surface area (Å²) in [5.41, 5.74) is 0.548. The Morgan fingerprint density at radius 3 is 2.44 bits per heavy atom. The molecule has 6 atom stereocenters. The number of hydrogen-bond donors (Lipinski definition) is 3. The first-order valence-electron chi connectivity index (χ1n) is 14.5. The molecule has 43 heavy (non-hydrogen) atoms. The predicted octanol–water partition coefficient (Wildman–Crippen LogP) is 2.64. The van der Waals surface area contributed by atoms with Crippen molar-refractivity contribution in [2.75, 3.05) is 11.9 Å². The molecule has 3 aromatic carbocycles. The van der Waals surface area contributed by atoms with E-state index in [1.807, 2.05) is 79.7 Å². The largest absolute Gasteiger partial charge is 0.394 e. The van der Waals surface area contributed by atoms with Crippen LogP contribution in [-0.2, 0) is 25.8 Å². The fourth-order valence-corrected chi connectivity index (χ4v) is 7.45. The molecule has 0 aliphatic carbocycles. The lowest BCUT2D eigenvalue weighted by atomic mass is 9.66. The van der Waals surface area contributed by atoms with Gasteiger partial charge in [0.15, 0.2) is 0 Å². The molecule has 0 saturated carbocycles. The molecule has 3 aliphatic heterocycles. The van der Waals surface area contributed by atoms with Crippen LogP contribution in [0.15, 0.2) is 84.9 Å². The third kappa shape index (κ3) is 4.22. The quantitative estimate of drug-likeness (QED) is 0.291. The maximum atomic E-state index is 14.5. The van der Waals surface area contributed by atoms with Crippen LogP contribution < -0.4 is 10.6 Å². The monoisotopic (exact) mass is 580 g/mol. The van der Waals surface area contributed by atoms with Crippen molar-refractivity contribution in [2.24, 2.45) is 11.8 Å². The van der Waals surface area contributed by atoms with Crippen LogP contribution in [0, 0.1) is 11.8 Å². The zero-order valence-corrected chi connectivity index (χ0v) is 23.6. The van der Waals surface area contributed by atoms with E-state index < -0.39 is 47.6 Å². The van der Waals surface area contributed by atoms with Gasteiger partial charge in [-0.25, -0.2) is 4.68 Å². The molecule has 4 aromatic rings. The van der Waals surface area contributed by atoms with Gasteiger partial charge in [0.05, 0.1) is 35.6 Å². The predicted molar refractivity (Wildman–Crippen MR) is 156 cm³/mol. The summed E-state index contributed by atoms with van der Waals surface area (Å²) in [7, 11) is 0. The number of hydrogen-bond acceptors (Lipinski definition) is 7. The number of rotatable bonds is 8. The minimum absolute atomic E-state index is 0.0168. The number of likely N-dealkylation sites (tertiary alicyclic amines) is 1. The molecular weight excluding hydrogens is 548 g/mol. The number of aromatic nitrogens is 3. The van der Waals surface area contributed by atoms with Crippen molar-refractivity contribution in [1.29, 1.82) is 0 Å². The van der Waals surface area contributed by atoms with E-state index in [4.69, 9.17) is 4.74 Å². The number of nitrogens with zero attached hydrogens (tertiary/aromatic N) is 4. The maximum Gasteiger partial charge on any atom is 0.247 e. The molecular formula is C32H32N6O5. The fourth-order valence-electron chi connectivity index (χ4n) is 7.45. The molecule has 220 valence electrons. The van der Waals surface area contributed by atoms with E-state index in [0.29, 0.717) is 29.6 Å². The topological polar surface area (TPSA) is 139 Å². The van der Waals surface area contributed by atoms with Crippen molar-refractivity contribution in [1.82, 2.24) is 25.2 Å². The summed E-state index contributed by atoms with van der Waals surface area (Å²) in [5.74, 6) is -2.90. The highest BCUT2D eigenvalue weighted by Crippen LogP contribution is 2.64. The number of fused-ring (bicyclic) bond motifs is 2. The zero-order valence-electron chi connectivity index (χ0n) is 23.6. The van der Waals surface area contributed by atoms with Crippen LogP contribution in [0.4, 0.5) is 5.69 Å².